The van der Waals surface area contributed by atoms with Gasteiger partial charge in [0, 0.05) is 19.2 Å². The summed E-state index contributed by atoms with van der Waals surface area (Å²) in [7, 11) is 0. The smallest absolute Gasteiger partial charge is 0.321 e. The van der Waals surface area contributed by atoms with Gasteiger partial charge in [0.2, 0.25) is 5.89 Å². The lowest BCUT2D eigenvalue weighted by Crippen LogP contribution is -2.55. The van der Waals surface area contributed by atoms with Crippen molar-refractivity contribution in [2.45, 2.75) is 70.3 Å². The van der Waals surface area contributed by atoms with Gasteiger partial charge in [0.1, 0.15) is 0 Å². The molecule has 2 unspecified atom stereocenters. The molecule has 0 radical (unpaired) electrons. The Morgan fingerprint density at radius 3 is 2.74 bits per heavy atom. The predicted octanol–water partition coefficient (Wildman–Crippen LogP) is 3.20. The number of nitrogens with one attached hydrogen (secondary N) is 1. The largest absolute Gasteiger partial charge is 0.417 e. The van der Waals surface area contributed by atoms with Crippen LogP contribution < -0.4 is 5.32 Å². The molecular weight excluding hydrogens is 415 g/mol. The third-order valence-electron chi connectivity index (χ3n) is 5.65. The lowest BCUT2D eigenvalue weighted by Gasteiger charge is -2.38. The van der Waals surface area contributed by atoms with Gasteiger partial charge in [-0.2, -0.15) is 8.78 Å². The molecule has 8 nitrogen and oxygen atoms in total. The number of fused-ring (bicyclic) bond motifs is 1. The summed E-state index contributed by atoms with van der Waals surface area (Å²) in [5, 5.41) is 9.84. The van der Waals surface area contributed by atoms with E-state index in [1.807, 2.05) is 0 Å². The molecule has 166 valence electrons. The number of amides is 2. The van der Waals surface area contributed by atoms with E-state index < -0.39 is 30.1 Å². The average molecular weight is 437 g/mol. The second-order valence-corrected chi connectivity index (χ2v) is 8.03. The molecule has 0 spiro atoms. The quantitative estimate of drug-likeness (QED) is 0.771. The van der Waals surface area contributed by atoms with E-state index in [1.54, 1.807) is 11.0 Å². The minimum absolute atomic E-state index is 0.0500. The maximum absolute atomic E-state index is 13.4. The number of alkyl halides is 3. The van der Waals surface area contributed by atoms with Crippen molar-refractivity contribution in [2.24, 2.45) is 0 Å². The molecule has 1 N–H and O–H groups in total. The minimum Gasteiger partial charge on any atom is -0.417 e. The second-order valence-electron chi connectivity index (χ2n) is 8.03. The SMILES string of the molecule is CC(F)c1nnc(-c2cnc3c(c2)C(=O)N(C2CCCC[C@H]2NC(=O)C(C)(F)F)C3)o1. The van der Waals surface area contributed by atoms with Crippen LogP contribution in [-0.4, -0.2) is 49.9 Å². The second kappa shape index (κ2) is 7.93. The zero-order chi connectivity index (χ0) is 22.3. The fraction of sp³-hybridized carbons (Fsp3) is 0.550. The number of aromatic nitrogens is 3. The molecule has 0 bridgehead atoms. The van der Waals surface area contributed by atoms with Crippen molar-refractivity contribution in [3.8, 4) is 11.5 Å². The first-order chi connectivity index (χ1) is 14.6. The normalized spacial score (nSPS) is 22.4. The number of halogens is 3. The zero-order valence-electron chi connectivity index (χ0n) is 17.1. The monoisotopic (exact) mass is 437 g/mol. The summed E-state index contributed by atoms with van der Waals surface area (Å²) in [4.78, 5) is 30.8. The Hall–Kier alpha value is -2.98. The standard InChI is InChI=1S/C20H22F3N5O3/c1-10(21)16-26-27-17(31-16)11-7-12-14(24-8-11)9-28(18(12)29)15-6-4-3-5-13(15)25-19(30)20(2,22)23/h7-8,10,13,15H,3-6,9H2,1-2H3,(H,25,30)/t10?,13-,15?/m1/s1. The summed E-state index contributed by atoms with van der Waals surface area (Å²) in [6, 6.07) is 0.587. The van der Waals surface area contributed by atoms with Crippen LogP contribution in [0, 0.1) is 0 Å². The van der Waals surface area contributed by atoms with E-state index in [0.29, 0.717) is 36.6 Å². The average Bonchev–Trinajstić information content (AvgIpc) is 3.33. The molecule has 1 fully saturated rings. The Balaban J connectivity index is 1.55. The van der Waals surface area contributed by atoms with E-state index in [-0.39, 0.29) is 24.2 Å². The summed E-state index contributed by atoms with van der Waals surface area (Å²) in [6.45, 7) is 2.03. The van der Waals surface area contributed by atoms with E-state index in [9.17, 15) is 22.8 Å². The molecule has 3 heterocycles. The summed E-state index contributed by atoms with van der Waals surface area (Å²) in [5.74, 6) is -5.26. The molecule has 1 saturated carbocycles. The van der Waals surface area contributed by atoms with Crippen molar-refractivity contribution in [1.82, 2.24) is 25.4 Å². The van der Waals surface area contributed by atoms with Crippen molar-refractivity contribution >= 4 is 11.8 Å². The minimum atomic E-state index is -3.49. The fourth-order valence-electron chi connectivity index (χ4n) is 4.04. The van der Waals surface area contributed by atoms with Gasteiger partial charge in [0.25, 0.3) is 17.7 Å². The molecule has 0 aromatic carbocycles. The van der Waals surface area contributed by atoms with Crippen LogP contribution in [0.15, 0.2) is 16.7 Å². The first-order valence-electron chi connectivity index (χ1n) is 10.1. The number of nitrogens with zero attached hydrogens (tertiary/aromatic N) is 4. The van der Waals surface area contributed by atoms with Gasteiger partial charge in [-0.05, 0) is 25.8 Å². The van der Waals surface area contributed by atoms with Crippen molar-refractivity contribution in [1.29, 1.82) is 0 Å². The van der Waals surface area contributed by atoms with E-state index in [1.165, 1.54) is 13.1 Å². The highest BCUT2D eigenvalue weighted by Gasteiger charge is 2.42. The van der Waals surface area contributed by atoms with Gasteiger partial charge in [-0.15, -0.1) is 10.2 Å². The third kappa shape index (κ3) is 4.13. The topological polar surface area (TPSA) is 101 Å². The van der Waals surface area contributed by atoms with E-state index in [2.05, 4.69) is 20.5 Å². The van der Waals surface area contributed by atoms with Crippen molar-refractivity contribution < 1.29 is 27.2 Å². The first kappa shape index (κ1) is 21.3. The van der Waals surface area contributed by atoms with Crippen molar-refractivity contribution in [3.05, 3.63) is 29.4 Å². The highest BCUT2D eigenvalue weighted by Crippen LogP contribution is 2.33. The van der Waals surface area contributed by atoms with Crippen LogP contribution in [0.2, 0.25) is 0 Å². The number of carbonyl (C=O) groups is 2. The van der Waals surface area contributed by atoms with Crippen LogP contribution in [-0.2, 0) is 11.3 Å². The van der Waals surface area contributed by atoms with Crippen molar-refractivity contribution in [2.75, 3.05) is 0 Å². The molecule has 31 heavy (non-hydrogen) atoms. The van der Waals surface area contributed by atoms with Crippen LogP contribution in [0.3, 0.4) is 0 Å². The molecule has 1 aliphatic heterocycles. The van der Waals surface area contributed by atoms with Crippen molar-refractivity contribution in [3.63, 3.8) is 0 Å². The maximum Gasteiger partial charge on any atom is 0.321 e. The van der Waals surface area contributed by atoms with Crippen LogP contribution in [0.25, 0.3) is 11.5 Å². The molecule has 0 saturated heterocycles. The summed E-state index contributed by atoms with van der Waals surface area (Å²) in [5.41, 5.74) is 1.25. The first-order valence-corrected chi connectivity index (χ1v) is 10.1. The van der Waals surface area contributed by atoms with Gasteiger partial charge < -0.3 is 14.6 Å². The van der Waals surface area contributed by atoms with E-state index in [4.69, 9.17) is 4.42 Å². The van der Waals surface area contributed by atoms with Gasteiger partial charge in [-0.3, -0.25) is 14.6 Å². The summed E-state index contributed by atoms with van der Waals surface area (Å²) in [6.07, 6.45) is 2.75. The third-order valence-corrected chi connectivity index (χ3v) is 5.65. The van der Waals surface area contributed by atoms with E-state index >= 15 is 0 Å². The van der Waals surface area contributed by atoms with Gasteiger partial charge in [-0.1, -0.05) is 12.8 Å². The highest BCUT2D eigenvalue weighted by atomic mass is 19.3. The Kier molecular flexibility index (Phi) is 5.44. The Morgan fingerprint density at radius 1 is 1.32 bits per heavy atom. The van der Waals surface area contributed by atoms with Crippen LogP contribution in [0.5, 0.6) is 0 Å². The van der Waals surface area contributed by atoms with Gasteiger partial charge in [0.15, 0.2) is 6.17 Å². The molecule has 2 aromatic heterocycles. The molecule has 2 aliphatic rings. The van der Waals surface area contributed by atoms with Crippen LogP contribution >= 0.6 is 0 Å². The lowest BCUT2D eigenvalue weighted by molar-refractivity contribution is -0.144. The lowest BCUT2D eigenvalue weighted by atomic mass is 9.89. The molecule has 3 atom stereocenters. The van der Waals surface area contributed by atoms with Gasteiger partial charge >= 0.3 is 5.92 Å². The van der Waals surface area contributed by atoms with Crippen LogP contribution in [0.4, 0.5) is 13.2 Å². The zero-order valence-corrected chi connectivity index (χ0v) is 17.1. The van der Waals surface area contributed by atoms with Gasteiger partial charge in [-0.25, -0.2) is 4.39 Å². The molecule has 2 amide bonds. The molecule has 1 aliphatic carbocycles. The number of hydrogen-bond donors (Lipinski definition) is 1. The highest BCUT2D eigenvalue weighted by molar-refractivity contribution is 5.99. The predicted molar refractivity (Wildman–Crippen MR) is 102 cm³/mol. The number of pyridine rings is 1. The molecular formula is C20H22F3N5O3. The van der Waals surface area contributed by atoms with E-state index in [0.717, 1.165) is 12.8 Å². The number of carbonyl (C=O) groups excluding carboxylic acids is 2. The number of rotatable bonds is 5. The van der Waals surface area contributed by atoms with Gasteiger partial charge in [0.05, 0.1) is 29.4 Å². The number of hydrogen-bond acceptors (Lipinski definition) is 6. The Morgan fingerprint density at radius 2 is 2.06 bits per heavy atom. The maximum atomic E-state index is 13.4. The summed E-state index contributed by atoms with van der Waals surface area (Å²) >= 11 is 0. The Bertz CT molecular complexity index is 1000. The molecule has 2 aromatic rings. The fourth-order valence-corrected chi connectivity index (χ4v) is 4.04. The molecule has 4 rings (SSSR count). The van der Waals surface area contributed by atoms with Crippen LogP contribution in [0.1, 0.15) is 67.6 Å². The Labute approximate surface area is 176 Å². The molecule has 11 heteroatoms. The summed E-state index contributed by atoms with van der Waals surface area (Å²) < 4.78 is 45.4.